The van der Waals surface area contributed by atoms with Gasteiger partial charge in [0.1, 0.15) is 0 Å². The van der Waals surface area contributed by atoms with Crippen molar-refractivity contribution in [3.05, 3.63) is 66.2 Å². The summed E-state index contributed by atoms with van der Waals surface area (Å²) in [5.74, 6) is 0. The number of nitrogens with two attached hydrogens (primary N) is 3. The van der Waals surface area contributed by atoms with Crippen molar-refractivity contribution in [3.8, 4) is 0 Å². The average molecular weight is 291 g/mol. The van der Waals surface area contributed by atoms with Gasteiger partial charge in [0.15, 0.2) is 0 Å². The van der Waals surface area contributed by atoms with Crippen LogP contribution in [0.2, 0.25) is 0 Å². The lowest BCUT2D eigenvalue weighted by molar-refractivity contribution is 1.07. The largest absolute Gasteiger partial charge is 0.399 e. The molecule has 0 aromatic heterocycles. The van der Waals surface area contributed by atoms with Crippen LogP contribution < -0.4 is 17.2 Å². The van der Waals surface area contributed by atoms with Gasteiger partial charge in [-0.05, 0) is 24.7 Å². The van der Waals surface area contributed by atoms with Gasteiger partial charge >= 0.3 is 0 Å². The van der Waals surface area contributed by atoms with Crippen LogP contribution in [0.15, 0.2) is 60.7 Å². The lowest BCUT2D eigenvalue weighted by Gasteiger charge is -1.90. The van der Waals surface area contributed by atoms with Crippen LogP contribution in [-0.4, -0.2) is 7.05 Å². The Labute approximate surface area is 131 Å². The summed E-state index contributed by atoms with van der Waals surface area (Å²) in [4.78, 5) is 0. The lowest BCUT2D eigenvalue weighted by atomic mass is 10.2. The fourth-order valence-electron chi connectivity index (χ4n) is 1.07. The standard InChI is InChI=1S/C7H9N.C6H7N.C3H8.CH5N.CH4/c8-6-7-4-2-1-3-5-7;7-6-4-2-1-3-5-6;1-3-2;1-2;/h1-5H,6,8H2;1-5H,7H2;3H2,1-2H3;2H2,1H3;1H4. The SMILES string of the molecule is C.CCC.CN.NCc1ccccc1.Nc1ccccc1. The van der Waals surface area contributed by atoms with E-state index in [2.05, 4.69) is 19.6 Å². The van der Waals surface area contributed by atoms with Gasteiger partial charge in [0.25, 0.3) is 0 Å². The predicted molar refractivity (Wildman–Crippen MR) is 98.0 cm³/mol. The molecule has 0 saturated carbocycles. The Morgan fingerprint density at radius 3 is 1.29 bits per heavy atom. The van der Waals surface area contributed by atoms with Gasteiger partial charge in [-0.25, -0.2) is 0 Å². The zero-order valence-electron chi connectivity index (χ0n) is 12.9. The number of para-hydroxylation sites is 1. The molecule has 0 spiro atoms. The van der Waals surface area contributed by atoms with Crippen molar-refractivity contribution in [3.63, 3.8) is 0 Å². The van der Waals surface area contributed by atoms with Crippen LogP contribution in [-0.2, 0) is 6.54 Å². The maximum Gasteiger partial charge on any atom is 0.0313 e. The van der Waals surface area contributed by atoms with E-state index < -0.39 is 0 Å². The Kier molecular flexibility index (Phi) is 23.6. The third kappa shape index (κ3) is 18.2. The van der Waals surface area contributed by atoms with E-state index in [1.807, 2.05) is 60.7 Å². The second-order valence-electron chi connectivity index (χ2n) is 3.81. The molecule has 0 aliphatic rings. The van der Waals surface area contributed by atoms with Crippen LogP contribution in [0.4, 0.5) is 5.69 Å². The van der Waals surface area contributed by atoms with Crippen LogP contribution in [0.1, 0.15) is 33.3 Å². The first-order valence-corrected chi connectivity index (χ1v) is 6.86. The molecule has 0 bridgehead atoms. The minimum absolute atomic E-state index is 0. The maximum absolute atomic E-state index is 5.36. The first kappa shape index (κ1) is 24.2. The molecule has 0 heterocycles. The molecule has 0 aliphatic carbocycles. The van der Waals surface area contributed by atoms with Gasteiger partial charge in [-0.15, -0.1) is 0 Å². The van der Waals surface area contributed by atoms with E-state index in [1.165, 1.54) is 19.0 Å². The fraction of sp³-hybridized carbons (Fsp3) is 0.333. The van der Waals surface area contributed by atoms with E-state index in [0.717, 1.165) is 5.69 Å². The smallest absolute Gasteiger partial charge is 0.0313 e. The van der Waals surface area contributed by atoms with Gasteiger partial charge in [-0.1, -0.05) is 76.2 Å². The summed E-state index contributed by atoms with van der Waals surface area (Å²) < 4.78 is 0. The number of nitrogen functional groups attached to an aromatic ring is 1. The molecule has 0 unspecified atom stereocenters. The number of hydrogen-bond donors (Lipinski definition) is 3. The highest BCUT2D eigenvalue weighted by atomic mass is 14.5. The van der Waals surface area contributed by atoms with Gasteiger partial charge in [-0.2, -0.15) is 0 Å². The molecular formula is C18H33N3. The second kappa shape index (κ2) is 20.5. The molecule has 0 radical (unpaired) electrons. The summed E-state index contributed by atoms with van der Waals surface area (Å²) in [6, 6.07) is 19.5. The quantitative estimate of drug-likeness (QED) is 0.694. The normalized spacial score (nSPS) is 7.48. The number of rotatable bonds is 1. The monoisotopic (exact) mass is 291 g/mol. The van der Waals surface area contributed by atoms with Crippen LogP contribution >= 0.6 is 0 Å². The molecule has 2 rings (SSSR count). The van der Waals surface area contributed by atoms with E-state index in [1.54, 1.807) is 0 Å². The highest BCUT2D eigenvalue weighted by Crippen LogP contribution is 1.96. The fourth-order valence-corrected chi connectivity index (χ4v) is 1.07. The Morgan fingerprint density at radius 1 is 0.762 bits per heavy atom. The third-order valence-electron chi connectivity index (χ3n) is 1.88. The Hall–Kier alpha value is -1.84. The molecule has 0 aliphatic heterocycles. The summed E-state index contributed by atoms with van der Waals surface area (Å²) in [5.41, 5.74) is 17.2. The molecule has 0 amide bonds. The third-order valence-corrected chi connectivity index (χ3v) is 1.88. The molecule has 0 fully saturated rings. The molecule has 6 N–H and O–H groups in total. The minimum Gasteiger partial charge on any atom is -0.399 e. The van der Waals surface area contributed by atoms with Gasteiger partial charge in [0, 0.05) is 12.2 Å². The first-order valence-electron chi connectivity index (χ1n) is 6.86. The van der Waals surface area contributed by atoms with Crippen molar-refractivity contribution in [1.29, 1.82) is 0 Å². The summed E-state index contributed by atoms with van der Waals surface area (Å²) in [6.07, 6.45) is 1.25. The van der Waals surface area contributed by atoms with Gasteiger partial charge in [0.2, 0.25) is 0 Å². The maximum atomic E-state index is 5.36. The van der Waals surface area contributed by atoms with Crippen molar-refractivity contribution in [2.45, 2.75) is 34.2 Å². The molecule has 3 heteroatoms. The molecule has 3 nitrogen and oxygen atoms in total. The Morgan fingerprint density at radius 2 is 1.10 bits per heavy atom. The predicted octanol–water partition coefficient (Wildman–Crippen LogP) is 4.04. The van der Waals surface area contributed by atoms with E-state index in [-0.39, 0.29) is 7.43 Å². The first-order chi connectivity index (χ1) is 9.74. The van der Waals surface area contributed by atoms with Crippen molar-refractivity contribution in [1.82, 2.24) is 0 Å². The van der Waals surface area contributed by atoms with Crippen LogP contribution in [0.3, 0.4) is 0 Å². The Balaban J connectivity index is -0.000000230. The second-order valence-corrected chi connectivity index (χ2v) is 3.81. The summed E-state index contributed by atoms with van der Waals surface area (Å²) in [7, 11) is 1.50. The molecule has 0 atom stereocenters. The number of anilines is 1. The number of hydrogen-bond acceptors (Lipinski definition) is 3. The van der Waals surface area contributed by atoms with Crippen molar-refractivity contribution < 1.29 is 0 Å². The van der Waals surface area contributed by atoms with Crippen LogP contribution in [0.25, 0.3) is 0 Å². The van der Waals surface area contributed by atoms with Crippen LogP contribution in [0, 0.1) is 0 Å². The summed E-state index contributed by atoms with van der Waals surface area (Å²) in [6.45, 7) is 4.89. The van der Waals surface area contributed by atoms with Gasteiger partial charge < -0.3 is 17.2 Å². The molecule has 120 valence electrons. The topological polar surface area (TPSA) is 78.1 Å². The van der Waals surface area contributed by atoms with Crippen LogP contribution in [0.5, 0.6) is 0 Å². The summed E-state index contributed by atoms with van der Waals surface area (Å²) in [5, 5.41) is 0. The lowest BCUT2D eigenvalue weighted by Crippen LogP contribution is -1.94. The molecule has 0 saturated heterocycles. The highest BCUT2D eigenvalue weighted by molar-refractivity contribution is 5.35. The zero-order chi connectivity index (χ0) is 15.6. The van der Waals surface area contributed by atoms with E-state index in [0.29, 0.717) is 6.54 Å². The average Bonchev–Trinajstić information content (AvgIpc) is 2.52. The van der Waals surface area contributed by atoms with Crippen molar-refractivity contribution >= 4 is 5.69 Å². The molecule has 21 heavy (non-hydrogen) atoms. The highest BCUT2D eigenvalue weighted by Gasteiger charge is 1.80. The van der Waals surface area contributed by atoms with Crippen molar-refractivity contribution in [2.24, 2.45) is 11.5 Å². The van der Waals surface area contributed by atoms with Gasteiger partial charge in [-0.3, -0.25) is 0 Å². The molecule has 2 aromatic rings. The molecular weight excluding hydrogens is 258 g/mol. The summed E-state index contributed by atoms with van der Waals surface area (Å²) >= 11 is 0. The van der Waals surface area contributed by atoms with Crippen molar-refractivity contribution in [2.75, 3.05) is 12.8 Å². The zero-order valence-corrected chi connectivity index (χ0v) is 12.9. The van der Waals surface area contributed by atoms with Gasteiger partial charge in [0.05, 0.1) is 0 Å². The van der Waals surface area contributed by atoms with E-state index in [4.69, 9.17) is 11.5 Å². The number of benzene rings is 2. The molecule has 2 aromatic carbocycles. The minimum atomic E-state index is 0. The Bertz CT molecular complexity index is 374. The van der Waals surface area contributed by atoms with E-state index in [9.17, 15) is 0 Å². The van der Waals surface area contributed by atoms with E-state index >= 15 is 0 Å².